The highest BCUT2D eigenvalue weighted by Gasteiger charge is 2.37. The van der Waals surface area contributed by atoms with Gasteiger partial charge in [-0.3, -0.25) is 0 Å². The summed E-state index contributed by atoms with van der Waals surface area (Å²) in [7, 11) is 0. The Balaban J connectivity index is 2.26. The maximum absolute atomic E-state index is 12.0. The van der Waals surface area contributed by atoms with Crippen LogP contribution in [-0.2, 0) is 6.42 Å². The smallest absolute Gasteiger partial charge is 0.415 e. The lowest BCUT2D eigenvalue weighted by atomic mass is 10.2. The van der Waals surface area contributed by atoms with E-state index in [2.05, 4.69) is 5.32 Å². The zero-order valence-corrected chi connectivity index (χ0v) is 11.7. The molecular weight excluding hydrogens is 287 g/mol. The Bertz CT molecular complexity index is 426. The van der Waals surface area contributed by atoms with Gasteiger partial charge in [-0.25, -0.2) is 0 Å². The molecule has 2 unspecified atom stereocenters. The molecule has 1 rings (SSSR count). The summed E-state index contributed by atoms with van der Waals surface area (Å²) in [4.78, 5) is 0. The number of hydrogen-bond donors (Lipinski definition) is 3. The zero-order chi connectivity index (χ0) is 15.9. The summed E-state index contributed by atoms with van der Waals surface area (Å²) >= 11 is 0. The molecule has 0 aliphatic carbocycles. The van der Waals surface area contributed by atoms with E-state index in [0.29, 0.717) is 5.75 Å². The molecule has 120 valence electrons. The van der Waals surface area contributed by atoms with E-state index in [-0.39, 0.29) is 13.2 Å². The second kappa shape index (κ2) is 8.21. The normalized spacial score (nSPS) is 14.8. The highest BCUT2D eigenvalue weighted by Crippen LogP contribution is 2.19. The number of halogens is 3. The first-order valence-electron chi connectivity index (χ1n) is 6.68. The van der Waals surface area contributed by atoms with E-state index in [1.165, 1.54) is 0 Å². The van der Waals surface area contributed by atoms with Crippen molar-refractivity contribution >= 4 is 0 Å². The molecule has 21 heavy (non-hydrogen) atoms. The van der Waals surface area contributed by atoms with Gasteiger partial charge in [0, 0.05) is 13.1 Å². The monoisotopic (exact) mass is 307 g/mol. The number of aliphatic hydroxyl groups is 2. The molecule has 0 heterocycles. The molecule has 0 aromatic heterocycles. The minimum absolute atomic E-state index is 0.0394. The van der Waals surface area contributed by atoms with Gasteiger partial charge in [-0.05, 0) is 24.1 Å². The standard InChI is InChI=1S/C14H20F3NO3/c1-2-10-4-3-5-12(6-10)21-9-11(19)7-18-8-13(20)14(15,16)17/h3-6,11,13,18-20H,2,7-9H2,1H3. The lowest BCUT2D eigenvalue weighted by Crippen LogP contribution is -2.41. The van der Waals surface area contributed by atoms with Gasteiger partial charge in [-0.2, -0.15) is 13.2 Å². The van der Waals surface area contributed by atoms with Crippen molar-refractivity contribution in [1.82, 2.24) is 5.32 Å². The van der Waals surface area contributed by atoms with Gasteiger partial charge < -0.3 is 20.3 Å². The van der Waals surface area contributed by atoms with E-state index in [9.17, 15) is 18.3 Å². The molecule has 2 atom stereocenters. The maximum Gasteiger partial charge on any atom is 0.415 e. The van der Waals surface area contributed by atoms with Crippen molar-refractivity contribution in [2.75, 3.05) is 19.7 Å². The maximum atomic E-state index is 12.0. The van der Waals surface area contributed by atoms with Gasteiger partial charge in [0.05, 0.1) is 0 Å². The Morgan fingerprint density at radius 1 is 1.24 bits per heavy atom. The van der Waals surface area contributed by atoms with Gasteiger partial charge in [0.2, 0.25) is 0 Å². The van der Waals surface area contributed by atoms with Crippen LogP contribution >= 0.6 is 0 Å². The average molecular weight is 307 g/mol. The van der Waals surface area contributed by atoms with E-state index in [1.807, 2.05) is 25.1 Å². The van der Waals surface area contributed by atoms with E-state index < -0.39 is 24.9 Å². The molecule has 0 bridgehead atoms. The molecule has 7 heteroatoms. The number of aryl methyl sites for hydroxylation is 1. The van der Waals surface area contributed by atoms with Crippen molar-refractivity contribution in [3.63, 3.8) is 0 Å². The van der Waals surface area contributed by atoms with Gasteiger partial charge in [0.15, 0.2) is 6.10 Å². The third-order valence-corrected chi connectivity index (χ3v) is 2.84. The van der Waals surface area contributed by atoms with Crippen LogP contribution in [0.1, 0.15) is 12.5 Å². The Morgan fingerprint density at radius 3 is 2.57 bits per heavy atom. The van der Waals surface area contributed by atoms with Crippen LogP contribution in [0.3, 0.4) is 0 Å². The van der Waals surface area contributed by atoms with Crippen LogP contribution < -0.4 is 10.1 Å². The fraction of sp³-hybridized carbons (Fsp3) is 0.571. The highest BCUT2D eigenvalue weighted by molar-refractivity contribution is 5.28. The predicted molar refractivity (Wildman–Crippen MR) is 72.3 cm³/mol. The molecule has 1 aromatic carbocycles. The van der Waals surface area contributed by atoms with Crippen LogP contribution in [0.5, 0.6) is 5.75 Å². The Morgan fingerprint density at radius 2 is 1.95 bits per heavy atom. The molecule has 0 amide bonds. The minimum atomic E-state index is -4.66. The van der Waals surface area contributed by atoms with Gasteiger partial charge in [0.1, 0.15) is 18.5 Å². The van der Waals surface area contributed by atoms with Crippen molar-refractivity contribution in [3.05, 3.63) is 29.8 Å². The summed E-state index contributed by atoms with van der Waals surface area (Å²) in [5.74, 6) is 0.601. The predicted octanol–water partition coefficient (Wildman–Crippen LogP) is 1.50. The molecule has 0 aliphatic rings. The largest absolute Gasteiger partial charge is 0.491 e. The molecule has 0 saturated heterocycles. The number of benzene rings is 1. The van der Waals surface area contributed by atoms with Crippen molar-refractivity contribution in [3.8, 4) is 5.75 Å². The number of hydrogen-bond acceptors (Lipinski definition) is 4. The molecule has 3 N–H and O–H groups in total. The zero-order valence-electron chi connectivity index (χ0n) is 11.7. The van der Waals surface area contributed by atoms with Gasteiger partial charge in [-0.1, -0.05) is 19.1 Å². The van der Waals surface area contributed by atoms with Gasteiger partial charge in [0.25, 0.3) is 0 Å². The number of alkyl halides is 3. The highest BCUT2D eigenvalue weighted by atomic mass is 19.4. The van der Waals surface area contributed by atoms with Crippen LogP contribution in [0.2, 0.25) is 0 Å². The Labute approximate surface area is 121 Å². The third kappa shape index (κ3) is 6.79. The lowest BCUT2D eigenvalue weighted by Gasteiger charge is -2.17. The first-order valence-corrected chi connectivity index (χ1v) is 6.68. The molecule has 0 saturated carbocycles. The minimum Gasteiger partial charge on any atom is -0.491 e. The lowest BCUT2D eigenvalue weighted by molar-refractivity contribution is -0.202. The number of nitrogens with one attached hydrogen (secondary N) is 1. The molecule has 0 fully saturated rings. The number of aliphatic hydroxyl groups excluding tert-OH is 2. The van der Waals surface area contributed by atoms with Crippen molar-refractivity contribution in [2.45, 2.75) is 31.7 Å². The van der Waals surface area contributed by atoms with E-state index >= 15 is 0 Å². The van der Waals surface area contributed by atoms with Crippen LogP contribution in [0.25, 0.3) is 0 Å². The fourth-order valence-corrected chi connectivity index (χ4v) is 1.61. The topological polar surface area (TPSA) is 61.7 Å². The molecular formula is C14H20F3NO3. The molecule has 0 aliphatic heterocycles. The molecule has 4 nitrogen and oxygen atoms in total. The quantitative estimate of drug-likeness (QED) is 0.681. The van der Waals surface area contributed by atoms with E-state index in [4.69, 9.17) is 9.84 Å². The van der Waals surface area contributed by atoms with Crippen LogP contribution in [-0.4, -0.2) is 48.3 Å². The van der Waals surface area contributed by atoms with E-state index in [1.54, 1.807) is 6.07 Å². The summed E-state index contributed by atoms with van der Waals surface area (Å²) in [6, 6.07) is 7.36. The molecule has 0 radical (unpaired) electrons. The second-order valence-corrected chi connectivity index (χ2v) is 4.68. The Hall–Kier alpha value is -1.31. The van der Waals surface area contributed by atoms with E-state index in [0.717, 1.165) is 12.0 Å². The summed E-state index contributed by atoms with van der Waals surface area (Å²) in [6.07, 6.45) is -7.20. The van der Waals surface area contributed by atoms with Gasteiger partial charge >= 0.3 is 6.18 Å². The Kier molecular flexibility index (Phi) is 6.94. The van der Waals surface area contributed by atoms with Crippen molar-refractivity contribution in [2.24, 2.45) is 0 Å². The van der Waals surface area contributed by atoms with Crippen molar-refractivity contribution in [1.29, 1.82) is 0 Å². The fourth-order valence-electron chi connectivity index (χ4n) is 1.61. The SMILES string of the molecule is CCc1cccc(OCC(O)CNCC(O)C(F)(F)F)c1. The number of ether oxygens (including phenoxy) is 1. The molecule has 0 spiro atoms. The number of rotatable bonds is 8. The summed E-state index contributed by atoms with van der Waals surface area (Å²) < 4.78 is 41.5. The van der Waals surface area contributed by atoms with Crippen LogP contribution in [0.15, 0.2) is 24.3 Å². The summed E-state index contributed by atoms with van der Waals surface area (Å²) in [5, 5.41) is 20.7. The first-order chi connectivity index (χ1) is 9.82. The van der Waals surface area contributed by atoms with Gasteiger partial charge in [-0.15, -0.1) is 0 Å². The van der Waals surface area contributed by atoms with Crippen molar-refractivity contribution < 1.29 is 28.1 Å². The summed E-state index contributed by atoms with van der Waals surface area (Å²) in [6.45, 7) is 1.21. The summed E-state index contributed by atoms with van der Waals surface area (Å²) in [5.41, 5.74) is 1.09. The third-order valence-electron chi connectivity index (χ3n) is 2.84. The van der Waals surface area contributed by atoms with Crippen LogP contribution in [0, 0.1) is 0 Å². The second-order valence-electron chi connectivity index (χ2n) is 4.68. The first kappa shape index (κ1) is 17.7. The molecule has 1 aromatic rings. The van der Waals surface area contributed by atoms with Crippen LogP contribution in [0.4, 0.5) is 13.2 Å². The average Bonchev–Trinajstić information content (AvgIpc) is 2.44.